The van der Waals surface area contributed by atoms with E-state index in [4.69, 9.17) is 5.73 Å². The molecule has 1 aliphatic carbocycles. The highest BCUT2D eigenvalue weighted by molar-refractivity contribution is 5.28. The monoisotopic (exact) mass is 194 g/mol. The molecule has 2 nitrogen and oxygen atoms in total. The molecule has 1 aromatic rings. The fourth-order valence-electron chi connectivity index (χ4n) is 2.30. The Kier molecular flexibility index (Phi) is 2.50. The molecule has 0 aliphatic heterocycles. The molecule has 1 heterocycles. The Balaban J connectivity index is 2.31. The van der Waals surface area contributed by atoms with Crippen molar-refractivity contribution < 1.29 is 4.39 Å². The Hall–Kier alpha value is -0.960. The maximum Gasteiger partial charge on any atom is 0.213 e. The Morgan fingerprint density at radius 3 is 2.86 bits per heavy atom. The zero-order valence-corrected chi connectivity index (χ0v) is 8.33. The third kappa shape index (κ3) is 1.64. The summed E-state index contributed by atoms with van der Waals surface area (Å²) in [5.41, 5.74) is 8.09. The van der Waals surface area contributed by atoms with Crippen LogP contribution in [-0.4, -0.2) is 11.0 Å². The minimum Gasteiger partial charge on any atom is -0.327 e. The SMILES string of the molecule is Cc1cc(F)ncc1C1CCCC1N. The van der Waals surface area contributed by atoms with E-state index in [2.05, 4.69) is 4.98 Å². The second kappa shape index (κ2) is 3.65. The Morgan fingerprint density at radius 1 is 1.50 bits per heavy atom. The lowest BCUT2D eigenvalue weighted by Gasteiger charge is -2.17. The quantitative estimate of drug-likeness (QED) is 0.695. The average molecular weight is 194 g/mol. The Bertz CT molecular complexity index is 338. The molecule has 2 atom stereocenters. The highest BCUT2D eigenvalue weighted by atomic mass is 19.1. The molecule has 0 saturated heterocycles. The van der Waals surface area contributed by atoms with E-state index >= 15 is 0 Å². The van der Waals surface area contributed by atoms with Gasteiger partial charge in [0.1, 0.15) is 0 Å². The van der Waals surface area contributed by atoms with E-state index in [9.17, 15) is 4.39 Å². The number of aromatic nitrogens is 1. The van der Waals surface area contributed by atoms with Gasteiger partial charge in [0.15, 0.2) is 0 Å². The van der Waals surface area contributed by atoms with Crippen LogP contribution in [0, 0.1) is 12.9 Å². The van der Waals surface area contributed by atoms with Crippen molar-refractivity contribution >= 4 is 0 Å². The van der Waals surface area contributed by atoms with Gasteiger partial charge < -0.3 is 5.73 Å². The largest absolute Gasteiger partial charge is 0.327 e. The zero-order chi connectivity index (χ0) is 10.1. The second-order valence-electron chi connectivity index (χ2n) is 4.06. The van der Waals surface area contributed by atoms with Crippen LogP contribution in [-0.2, 0) is 0 Å². The highest BCUT2D eigenvalue weighted by Crippen LogP contribution is 2.34. The van der Waals surface area contributed by atoms with Gasteiger partial charge in [-0.25, -0.2) is 4.98 Å². The molecule has 0 radical (unpaired) electrons. The summed E-state index contributed by atoms with van der Waals surface area (Å²) in [5, 5.41) is 0. The van der Waals surface area contributed by atoms with Crippen molar-refractivity contribution in [3.63, 3.8) is 0 Å². The van der Waals surface area contributed by atoms with Crippen LogP contribution in [0.2, 0.25) is 0 Å². The lowest BCUT2D eigenvalue weighted by molar-refractivity contribution is 0.568. The number of aryl methyl sites for hydroxylation is 1. The summed E-state index contributed by atoms with van der Waals surface area (Å²) in [5.74, 6) is -0.0269. The minimum atomic E-state index is -0.405. The number of rotatable bonds is 1. The van der Waals surface area contributed by atoms with Gasteiger partial charge in [0, 0.05) is 18.2 Å². The van der Waals surface area contributed by atoms with Crippen molar-refractivity contribution in [2.24, 2.45) is 5.73 Å². The Morgan fingerprint density at radius 2 is 2.29 bits per heavy atom. The number of pyridine rings is 1. The molecular formula is C11H15FN2. The van der Waals surface area contributed by atoms with Crippen LogP contribution in [0.15, 0.2) is 12.3 Å². The molecule has 1 saturated carbocycles. The van der Waals surface area contributed by atoms with Gasteiger partial charge >= 0.3 is 0 Å². The van der Waals surface area contributed by atoms with E-state index in [1.165, 1.54) is 12.5 Å². The first-order chi connectivity index (χ1) is 6.68. The zero-order valence-electron chi connectivity index (χ0n) is 8.33. The number of hydrogen-bond donors (Lipinski definition) is 1. The molecule has 1 fully saturated rings. The van der Waals surface area contributed by atoms with Gasteiger partial charge in [-0.3, -0.25) is 0 Å². The molecule has 1 aliphatic rings. The van der Waals surface area contributed by atoms with Gasteiger partial charge in [-0.2, -0.15) is 4.39 Å². The molecule has 14 heavy (non-hydrogen) atoms. The van der Waals surface area contributed by atoms with Crippen molar-refractivity contribution in [2.75, 3.05) is 0 Å². The summed E-state index contributed by atoms with van der Waals surface area (Å²) in [4.78, 5) is 3.70. The third-order valence-electron chi connectivity index (χ3n) is 3.09. The fourth-order valence-corrected chi connectivity index (χ4v) is 2.30. The number of nitrogens with zero attached hydrogens (tertiary/aromatic N) is 1. The first-order valence-electron chi connectivity index (χ1n) is 5.06. The second-order valence-corrected chi connectivity index (χ2v) is 4.06. The summed E-state index contributed by atoms with van der Waals surface area (Å²) in [6.45, 7) is 1.92. The van der Waals surface area contributed by atoms with Crippen LogP contribution in [0.4, 0.5) is 4.39 Å². The summed E-state index contributed by atoms with van der Waals surface area (Å²) >= 11 is 0. The van der Waals surface area contributed by atoms with Crippen molar-refractivity contribution in [1.29, 1.82) is 0 Å². The number of halogens is 1. The molecule has 76 valence electrons. The Labute approximate surface area is 83.3 Å². The standard InChI is InChI=1S/C11H15FN2/c1-7-5-11(12)14-6-9(7)8-3-2-4-10(8)13/h5-6,8,10H,2-4,13H2,1H3. The first-order valence-corrected chi connectivity index (χ1v) is 5.06. The van der Waals surface area contributed by atoms with E-state index in [0.29, 0.717) is 5.92 Å². The van der Waals surface area contributed by atoms with Gasteiger partial charge in [-0.15, -0.1) is 0 Å². The van der Waals surface area contributed by atoms with Gasteiger partial charge in [0.25, 0.3) is 0 Å². The van der Waals surface area contributed by atoms with E-state index < -0.39 is 5.95 Å². The average Bonchev–Trinajstić information content (AvgIpc) is 2.52. The minimum absolute atomic E-state index is 0.223. The molecule has 0 spiro atoms. The predicted octanol–water partition coefficient (Wildman–Crippen LogP) is 2.12. The molecule has 2 N–H and O–H groups in total. The van der Waals surface area contributed by atoms with Crippen LogP contribution in [0.3, 0.4) is 0 Å². The topological polar surface area (TPSA) is 38.9 Å². The molecule has 2 rings (SSSR count). The molecule has 0 bridgehead atoms. The predicted molar refractivity (Wildman–Crippen MR) is 53.5 cm³/mol. The van der Waals surface area contributed by atoms with Gasteiger partial charge in [-0.05, 0) is 37.0 Å². The van der Waals surface area contributed by atoms with E-state index in [-0.39, 0.29) is 6.04 Å². The van der Waals surface area contributed by atoms with Gasteiger partial charge in [0.05, 0.1) is 0 Å². The lowest BCUT2D eigenvalue weighted by Crippen LogP contribution is -2.23. The maximum absolute atomic E-state index is 12.8. The first kappa shape index (κ1) is 9.59. The summed E-state index contributed by atoms with van der Waals surface area (Å²) in [6, 6.07) is 1.71. The smallest absolute Gasteiger partial charge is 0.213 e. The number of nitrogens with two attached hydrogens (primary N) is 1. The van der Waals surface area contributed by atoms with Crippen LogP contribution in [0.5, 0.6) is 0 Å². The highest BCUT2D eigenvalue weighted by Gasteiger charge is 2.26. The molecule has 0 amide bonds. The van der Waals surface area contributed by atoms with Crippen molar-refractivity contribution in [3.05, 3.63) is 29.3 Å². The van der Waals surface area contributed by atoms with E-state index in [1.807, 2.05) is 6.92 Å². The fraction of sp³-hybridized carbons (Fsp3) is 0.545. The van der Waals surface area contributed by atoms with Crippen molar-refractivity contribution in [3.8, 4) is 0 Å². The van der Waals surface area contributed by atoms with Gasteiger partial charge in [0.2, 0.25) is 5.95 Å². The third-order valence-corrected chi connectivity index (χ3v) is 3.09. The van der Waals surface area contributed by atoms with Gasteiger partial charge in [-0.1, -0.05) is 6.42 Å². The normalized spacial score (nSPS) is 26.8. The summed E-state index contributed by atoms with van der Waals surface area (Å²) in [6.07, 6.45) is 4.99. The number of hydrogen-bond acceptors (Lipinski definition) is 2. The van der Waals surface area contributed by atoms with Crippen LogP contribution >= 0.6 is 0 Å². The van der Waals surface area contributed by atoms with E-state index in [1.54, 1.807) is 6.20 Å². The van der Waals surface area contributed by atoms with Crippen molar-refractivity contribution in [1.82, 2.24) is 4.98 Å². The molecule has 0 aromatic carbocycles. The van der Waals surface area contributed by atoms with Crippen LogP contribution in [0.1, 0.15) is 36.3 Å². The van der Waals surface area contributed by atoms with Crippen LogP contribution in [0.25, 0.3) is 0 Å². The summed E-state index contributed by atoms with van der Waals surface area (Å²) in [7, 11) is 0. The molecular weight excluding hydrogens is 179 g/mol. The maximum atomic E-state index is 12.8. The molecule has 2 unspecified atom stereocenters. The van der Waals surface area contributed by atoms with E-state index in [0.717, 1.165) is 24.0 Å². The lowest BCUT2D eigenvalue weighted by atomic mass is 9.93. The summed E-state index contributed by atoms with van der Waals surface area (Å²) < 4.78 is 12.8. The molecule has 3 heteroatoms. The molecule has 1 aromatic heterocycles. The van der Waals surface area contributed by atoms with Crippen molar-refractivity contribution in [2.45, 2.75) is 38.1 Å². The van der Waals surface area contributed by atoms with Crippen LogP contribution < -0.4 is 5.73 Å².